The van der Waals surface area contributed by atoms with Crippen molar-refractivity contribution in [3.63, 3.8) is 0 Å². The lowest BCUT2D eigenvalue weighted by Gasteiger charge is -2.34. The van der Waals surface area contributed by atoms with Crippen molar-refractivity contribution in [3.05, 3.63) is 0 Å². The van der Waals surface area contributed by atoms with E-state index in [2.05, 4.69) is 6.92 Å². The Morgan fingerprint density at radius 2 is 2.00 bits per heavy atom. The van der Waals surface area contributed by atoms with Crippen LogP contribution in [0.1, 0.15) is 45.4 Å². The Morgan fingerprint density at radius 3 is 2.45 bits per heavy atom. The van der Waals surface area contributed by atoms with Crippen molar-refractivity contribution < 1.29 is 5.11 Å². The maximum absolute atomic E-state index is 9.93. The number of hydrogen-bond donors (Lipinski definition) is 2. The first-order valence-corrected chi connectivity index (χ1v) is 4.64. The molecule has 11 heavy (non-hydrogen) atoms. The zero-order valence-electron chi connectivity index (χ0n) is 7.34. The molecule has 2 nitrogen and oxygen atoms in total. The summed E-state index contributed by atoms with van der Waals surface area (Å²) in [4.78, 5) is 0. The van der Waals surface area contributed by atoms with Crippen LogP contribution < -0.4 is 5.73 Å². The minimum Gasteiger partial charge on any atom is -0.390 e. The molecule has 0 atom stereocenters. The lowest BCUT2D eigenvalue weighted by molar-refractivity contribution is -0.00834. The molecule has 0 saturated heterocycles. The van der Waals surface area contributed by atoms with E-state index in [9.17, 15) is 5.11 Å². The molecule has 2 heteroatoms. The fourth-order valence-electron chi connectivity index (χ4n) is 1.89. The molecule has 3 N–H and O–H groups in total. The first kappa shape index (κ1) is 9.01. The third-order valence-electron chi connectivity index (χ3n) is 2.68. The van der Waals surface area contributed by atoms with Crippen LogP contribution in [0.15, 0.2) is 0 Å². The highest BCUT2D eigenvalue weighted by Gasteiger charge is 2.30. The summed E-state index contributed by atoms with van der Waals surface area (Å²) in [6.45, 7) is 2.12. The van der Waals surface area contributed by atoms with Crippen molar-refractivity contribution >= 4 is 0 Å². The van der Waals surface area contributed by atoms with Gasteiger partial charge in [-0.05, 0) is 32.1 Å². The Hall–Kier alpha value is -0.0800. The van der Waals surface area contributed by atoms with Gasteiger partial charge in [0.2, 0.25) is 0 Å². The molecule has 0 radical (unpaired) electrons. The molecule has 0 amide bonds. The third-order valence-corrected chi connectivity index (χ3v) is 2.68. The molecule has 66 valence electrons. The van der Waals surface area contributed by atoms with E-state index in [-0.39, 0.29) is 5.60 Å². The van der Waals surface area contributed by atoms with Crippen LogP contribution in [0.4, 0.5) is 0 Å². The maximum Gasteiger partial charge on any atom is 0.0648 e. The van der Waals surface area contributed by atoms with Crippen LogP contribution in [0.25, 0.3) is 0 Å². The molecule has 0 heterocycles. The minimum atomic E-state index is -0.370. The van der Waals surface area contributed by atoms with E-state index in [4.69, 9.17) is 5.73 Å². The van der Waals surface area contributed by atoms with Crippen LogP contribution in [0, 0.1) is 0 Å². The lowest BCUT2D eigenvalue weighted by Crippen LogP contribution is -2.38. The van der Waals surface area contributed by atoms with Crippen molar-refractivity contribution in [1.82, 2.24) is 0 Å². The molecular formula is C9H19NO. The van der Waals surface area contributed by atoms with Gasteiger partial charge >= 0.3 is 0 Å². The van der Waals surface area contributed by atoms with E-state index in [0.29, 0.717) is 6.04 Å². The van der Waals surface area contributed by atoms with E-state index >= 15 is 0 Å². The number of rotatable bonds is 2. The lowest BCUT2D eigenvalue weighted by atomic mass is 9.80. The number of hydrogen-bond acceptors (Lipinski definition) is 2. The van der Waals surface area contributed by atoms with E-state index in [1.165, 1.54) is 0 Å². The van der Waals surface area contributed by atoms with E-state index in [1.54, 1.807) is 0 Å². The SMILES string of the molecule is CCCC1(O)CCC(N)CC1. The van der Waals surface area contributed by atoms with Crippen LogP contribution in [0.3, 0.4) is 0 Å². The van der Waals surface area contributed by atoms with Crippen LogP contribution in [-0.2, 0) is 0 Å². The average Bonchev–Trinajstić information content (AvgIpc) is 1.97. The summed E-state index contributed by atoms with van der Waals surface area (Å²) in [7, 11) is 0. The minimum absolute atomic E-state index is 0.340. The quantitative estimate of drug-likeness (QED) is 0.636. The van der Waals surface area contributed by atoms with Gasteiger partial charge in [-0.15, -0.1) is 0 Å². The summed E-state index contributed by atoms with van der Waals surface area (Å²) < 4.78 is 0. The molecule has 0 aromatic heterocycles. The van der Waals surface area contributed by atoms with E-state index in [1.807, 2.05) is 0 Å². The Labute approximate surface area is 68.8 Å². The average molecular weight is 157 g/mol. The van der Waals surface area contributed by atoms with Crippen molar-refractivity contribution in [2.45, 2.75) is 57.1 Å². The molecule has 0 bridgehead atoms. The molecule has 1 rings (SSSR count). The van der Waals surface area contributed by atoms with Crippen molar-refractivity contribution in [1.29, 1.82) is 0 Å². The topological polar surface area (TPSA) is 46.2 Å². The van der Waals surface area contributed by atoms with Gasteiger partial charge < -0.3 is 10.8 Å². The predicted molar refractivity (Wildman–Crippen MR) is 46.3 cm³/mol. The molecule has 1 aliphatic carbocycles. The largest absolute Gasteiger partial charge is 0.390 e. The number of nitrogens with two attached hydrogens (primary N) is 1. The van der Waals surface area contributed by atoms with Crippen molar-refractivity contribution in [2.75, 3.05) is 0 Å². The molecule has 0 unspecified atom stereocenters. The molecule has 1 fully saturated rings. The first-order valence-electron chi connectivity index (χ1n) is 4.64. The summed E-state index contributed by atoms with van der Waals surface area (Å²) in [5.41, 5.74) is 5.37. The monoisotopic (exact) mass is 157 g/mol. The second-order valence-electron chi connectivity index (χ2n) is 3.81. The second-order valence-corrected chi connectivity index (χ2v) is 3.81. The van der Waals surface area contributed by atoms with Crippen LogP contribution in [-0.4, -0.2) is 16.7 Å². The highest BCUT2D eigenvalue weighted by Crippen LogP contribution is 2.30. The summed E-state index contributed by atoms with van der Waals surface area (Å²) in [6.07, 6.45) is 5.82. The van der Waals surface area contributed by atoms with Gasteiger partial charge in [0.1, 0.15) is 0 Å². The Kier molecular flexibility index (Phi) is 2.90. The van der Waals surface area contributed by atoms with E-state index in [0.717, 1.165) is 38.5 Å². The molecule has 0 aromatic carbocycles. The smallest absolute Gasteiger partial charge is 0.0648 e. The van der Waals surface area contributed by atoms with Gasteiger partial charge in [0.05, 0.1) is 5.60 Å². The fraction of sp³-hybridized carbons (Fsp3) is 1.00. The highest BCUT2D eigenvalue weighted by atomic mass is 16.3. The van der Waals surface area contributed by atoms with Crippen LogP contribution in [0.5, 0.6) is 0 Å². The van der Waals surface area contributed by atoms with Gasteiger partial charge in [0, 0.05) is 6.04 Å². The predicted octanol–water partition coefficient (Wildman–Crippen LogP) is 1.42. The molecule has 1 aliphatic rings. The summed E-state index contributed by atoms with van der Waals surface area (Å²) in [5, 5.41) is 9.93. The molecule has 1 saturated carbocycles. The summed E-state index contributed by atoms with van der Waals surface area (Å²) in [5.74, 6) is 0. The zero-order valence-corrected chi connectivity index (χ0v) is 7.34. The molecule has 0 aromatic rings. The first-order chi connectivity index (χ1) is 5.16. The van der Waals surface area contributed by atoms with Gasteiger partial charge in [0.15, 0.2) is 0 Å². The Morgan fingerprint density at radius 1 is 1.45 bits per heavy atom. The Bertz CT molecular complexity index is 117. The standard InChI is InChI=1S/C9H19NO/c1-2-5-9(11)6-3-8(10)4-7-9/h8,11H,2-7,10H2,1H3. The zero-order chi connectivity index (χ0) is 8.32. The van der Waals surface area contributed by atoms with Gasteiger partial charge in [0.25, 0.3) is 0 Å². The van der Waals surface area contributed by atoms with Gasteiger partial charge in [-0.25, -0.2) is 0 Å². The number of aliphatic hydroxyl groups is 1. The van der Waals surface area contributed by atoms with Gasteiger partial charge in [-0.2, -0.15) is 0 Å². The van der Waals surface area contributed by atoms with Crippen LogP contribution >= 0.6 is 0 Å². The highest BCUT2D eigenvalue weighted by molar-refractivity contribution is 4.86. The molecular weight excluding hydrogens is 138 g/mol. The van der Waals surface area contributed by atoms with Crippen molar-refractivity contribution in [2.24, 2.45) is 5.73 Å². The summed E-state index contributed by atoms with van der Waals surface area (Å²) in [6, 6.07) is 0.340. The van der Waals surface area contributed by atoms with Gasteiger partial charge in [-0.3, -0.25) is 0 Å². The molecule has 0 aliphatic heterocycles. The Balaban J connectivity index is 2.35. The fourth-order valence-corrected chi connectivity index (χ4v) is 1.89. The normalized spacial score (nSPS) is 39.0. The van der Waals surface area contributed by atoms with Crippen molar-refractivity contribution in [3.8, 4) is 0 Å². The molecule has 0 spiro atoms. The summed E-state index contributed by atoms with van der Waals surface area (Å²) >= 11 is 0. The second kappa shape index (κ2) is 3.55. The van der Waals surface area contributed by atoms with E-state index < -0.39 is 0 Å². The maximum atomic E-state index is 9.93. The third kappa shape index (κ3) is 2.46. The van der Waals surface area contributed by atoms with Gasteiger partial charge in [-0.1, -0.05) is 13.3 Å². The van der Waals surface area contributed by atoms with Crippen LogP contribution in [0.2, 0.25) is 0 Å².